The third kappa shape index (κ3) is 5.70. The summed E-state index contributed by atoms with van der Waals surface area (Å²) in [7, 11) is 0. The van der Waals surface area contributed by atoms with E-state index in [0.717, 1.165) is 24.5 Å². The molecule has 1 aliphatic heterocycles. The van der Waals surface area contributed by atoms with Gasteiger partial charge < -0.3 is 15.0 Å². The molecule has 3 aromatic rings. The Morgan fingerprint density at radius 2 is 1.88 bits per heavy atom. The van der Waals surface area contributed by atoms with E-state index in [9.17, 15) is 22.4 Å². The maximum absolute atomic E-state index is 14.1. The number of morpholine rings is 1. The summed E-state index contributed by atoms with van der Waals surface area (Å²) in [4.78, 5) is 29.9. The summed E-state index contributed by atoms with van der Waals surface area (Å²) >= 11 is 0. The molecule has 176 valence electrons. The Bertz CT molecular complexity index is 1190. The van der Waals surface area contributed by atoms with E-state index in [1.165, 1.54) is 30.5 Å². The number of carbonyl (C=O) groups excluding carboxylic acids is 1. The average molecular weight is 474 g/mol. The van der Waals surface area contributed by atoms with Crippen LogP contribution in [-0.2, 0) is 10.9 Å². The fraction of sp³-hybridized carbons (Fsp3) is 0.227. The number of Topliss-reactive ketones (excluding diaryl/α,β-unsaturated/α-hetero) is 1. The van der Waals surface area contributed by atoms with Crippen LogP contribution in [0.15, 0.2) is 53.8 Å². The largest absolute Gasteiger partial charge is 0.416 e. The van der Waals surface area contributed by atoms with Crippen molar-refractivity contribution < 1.29 is 27.1 Å². The average Bonchev–Trinajstić information content (AvgIpc) is 2.84. The van der Waals surface area contributed by atoms with Gasteiger partial charge in [0.2, 0.25) is 5.78 Å². The molecule has 0 aliphatic carbocycles. The molecule has 3 heterocycles. The zero-order valence-corrected chi connectivity index (χ0v) is 17.6. The van der Waals surface area contributed by atoms with Crippen molar-refractivity contribution in [3.8, 4) is 0 Å². The molecule has 0 bridgehead atoms. The first-order valence-electron chi connectivity index (χ1n) is 10.1. The fourth-order valence-electron chi connectivity index (χ4n) is 3.14. The Labute approximate surface area is 191 Å². The van der Waals surface area contributed by atoms with Crippen LogP contribution in [0.1, 0.15) is 16.1 Å². The lowest BCUT2D eigenvalue weighted by Gasteiger charge is -2.27. The van der Waals surface area contributed by atoms with Crippen LogP contribution < -0.4 is 10.2 Å². The van der Waals surface area contributed by atoms with E-state index in [4.69, 9.17) is 4.74 Å². The number of nitrogens with zero attached hydrogens (tertiary/aromatic N) is 5. The summed E-state index contributed by atoms with van der Waals surface area (Å²) in [6, 6.07) is 7.61. The van der Waals surface area contributed by atoms with Crippen molar-refractivity contribution in [2.75, 3.05) is 36.5 Å². The van der Waals surface area contributed by atoms with Crippen molar-refractivity contribution >= 4 is 35.1 Å². The van der Waals surface area contributed by atoms with E-state index >= 15 is 0 Å². The van der Waals surface area contributed by atoms with E-state index in [1.54, 1.807) is 4.90 Å². The molecule has 1 N–H and O–H groups in total. The first kappa shape index (κ1) is 23.2. The predicted octanol–water partition coefficient (Wildman–Crippen LogP) is 4.19. The quantitative estimate of drug-likeness (QED) is 0.325. The SMILES string of the molecule is O=C(C=Nc1ncc(F)c(N2CCOCC2)n1)c1ccc(Nc2cccc(C(F)(F)F)c2)cn1. The molecule has 1 saturated heterocycles. The number of hydrogen-bond acceptors (Lipinski definition) is 8. The van der Waals surface area contributed by atoms with Crippen LogP contribution >= 0.6 is 0 Å². The number of anilines is 3. The predicted molar refractivity (Wildman–Crippen MR) is 116 cm³/mol. The van der Waals surface area contributed by atoms with Crippen LogP contribution in [0.3, 0.4) is 0 Å². The molecule has 0 spiro atoms. The van der Waals surface area contributed by atoms with E-state index in [1.807, 2.05) is 0 Å². The Morgan fingerprint density at radius 1 is 1.09 bits per heavy atom. The Hall–Kier alpha value is -3.93. The van der Waals surface area contributed by atoms with Gasteiger partial charge in [0, 0.05) is 18.8 Å². The van der Waals surface area contributed by atoms with Gasteiger partial charge in [-0.2, -0.15) is 18.2 Å². The first-order valence-corrected chi connectivity index (χ1v) is 10.1. The summed E-state index contributed by atoms with van der Waals surface area (Å²) in [5.41, 5.74) is -0.117. The fourth-order valence-corrected chi connectivity index (χ4v) is 3.14. The zero-order chi connectivity index (χ0) is 24.1. The van der Waals surface area contributed by atoms with Crippen molar-refractivity contribution in [2.24, 2.45) is 4.99 Å². The molecule has 4 rings (SSSR count). The van der Waals surface area contributed by atoms with Crippen LogP contribution in [0.5, 0.6) is 0 Å². The first-order chi connectivity index (χ1) is 16.3. The molecule has 8 nitrogen and oxygen atoms in total. The van der Waals surface area contributed by atoms with Gasteiger partial charge in [-0.1, -0.05) is 6.07 Å². The lowest BCUT2D eigenvalue weighted by Crippen LogP contribution is -2.37. The second kappa shape index (κ2) is 9.91. The van der Waals surface area contributed by atoms with E-state index in [2.05, 4.69) is 25.3 Å². The number of alkyl halides is 3. The number of halogens is 4. The monoisotopic (exact) mass is 474 g/mol. The topological polar surface area (TPSA) is 92.6 Å². The Morgan fingerprint density at radius 3 is 2.59 bits per heavy atom. The minimum atomic E-state index is -4.46. The number of ketones is 1. The summed E-state index contributed by atoms with van der Waals surface area (Å²) in [5, 5.41) is 2.81. The molecule has 0 amide bonds. The number of benzene rings is 1. The lowest BCUT2D eigenvalue weighted by atomic mass is 10.2. The molecule has 1 fully saturated rings. The molecular weight excluding hydrogens is 456 g/mol. The maximum Gasteiger partial charge on any atom is 0.416 e. The zero-order valence-electron chi connectivity index (χ0n) is 17.6. The standard InChI is InChI=1S/C22H18F4N6O2/c23-17-12-28-21(31-20(17)32-6-8-34-9-7-32)29-13-19(33)18-5-4-16(11-27-18)30-15-3-1-2-14(10-15)22(24,25)26/h1-5,10-13,30H,6-9H2. The van der Waals surface area contributed by atoms with Crippen LogP contribution in [0.4, 0.5) is 40.7 Å². The minimum absolute atomic E-state index is 0.0499. The van der Waals surface area contributed by atoms with Gasteiger partial charge in [0.05, 0.1) is 43.1 Å². The molecular formula is C22H18F4N6O2. The second-order valence-electron chi connectivity index (χ2n) is 7.20. The number of pyridine rings is 1. The van der Waals surface area contributed by atoms with E-state index in [0.29, 0.717) is 32.0 Å². The van der Waals surface area contributed by atoms with Crippen LogP contribution in [0.25, 0.3) is 0 Å². The molecule has 0 unspecified atom stereocenters. The van der Waals surface area contributed by atoms with Gasteiger partial charge in [0.1, 0.15) is 5.69 Å². The maximum atomic E-state index is 14.1. The lowest BCUT2D eigenvalue weighted by molar-refractivity contribution is -0.137. The normalized spacial score (nSPS) is 14.4. The third-order valence-electron chi connectivity index (χ3n) is 4.82. The van der Waals surface area contributed by atoms with Gasteiger partial charge in [-0.3, -0.25) is 9.78 Å². The van der Waals surface area contributed by atoms with Crippen molar-refractivity contribution in [3.05, 3.63) is 65.9 Å². The molecule has 2 aromatic heterocycles. The van der Waals surface area contributed by atoms with Gasteiger partial charge in [-0.25, -0.2) is 14.4 Å². The summed E-state index contributed by atoms with van der Waals surface area (Å²) in [5.74, 6) is -1.15. The van der Waals surface area contributed by atoms with Gasteiger partial charge in [0.25, 0.3) is 5.95 Å². The Balaban J connectivity index is 1.42. The van der Waals surface area contributed by atoms with Crippen molar-refractivity contribution in [3.63, 3.8) is 0 Å². The number of carbonyl (C=O) groups is 1. The smallest absolute Gasteiger partial charge is 0.378 e. The van der Waals surface area contributed by atoms with Crippen LogP contribution in [-0.4, -0.2) is 53.3 Å². The number of rotatable bonds is 6. The summed E-state index contributed by atoms with van der Waals surface area (Å²) in [6.07, 6.45) is -1.19. The second-order valence-corrected chi connectivity index (χ2v) is 7.20. The number of aromatic nitrogens is 3. The molecule has 0 radical (unpaired) electrons. The molecule has 0 saturated carbocycles. The molecule has 1 aliphatic rings. The third-order valence-corrected chi connectivity index (χ3v) is 4.82. The number of nitrogens with one attached hydrogen (secondary N) is 1. The molecule has 34 heavy (non-hydrogen) atoms. The highest BCUT2D eigenvalue weighted by Crippen LogP contribution is 2.31. The van der Waals surface area contributed by atoms with Crippen LogP contribution in [0, 0.1) is 5.82 Å². The number of aliphatic imine (C=N–C) groups is 1. The van der Waals surface area contributed by atoms with Gasteiger partial charge >= 0.3 is 6.18 Å². The van der Waals surface area contributed by atoms with E-state index in [-0.39, 0.29) is 23.1 Å². The number of hydrogen-bond donors (Lipinski definition) is 1. The van der Waals surface area contributed by atoms with Crippen molar-refractivity contribution in [1.29, 1.82) is 0 Å². The summed E-state index contributed by atoms with van der Waals surface area (Å²) < 4.78 is 57.9. The van der Waals surface area contributed by atoms with Crippen molar-refractivity contribution in [1.82, 2.24) is 15.0 Å². The highest BCUT2D eigenvalue weighted by atomic mass is 19.4. The summed E-state index contributed by atoms with van der Waals surface area (Å²) in [6.45, 7) is 1.84. The van der Waals surface area contributed by atoms with Crippen molar-refractivity contribution in [2.45, 2.75) is 6.18 Å². The van der Waals surface area contributed by atoms with Gasteiger partial charge in [-0.05, 0) is 30.3 Å². The number of ether oxygens (including phenoxy) is 1. The molecule has 0 atom stereocenters. The minimum Gasteiger partial charge on any atom is -0.378 e. The Kier molecular flexibility index (Phi) is 6.77. The molecule has 1 aromatic carbocycles. The van der Waals surface area contributed by atoms with Gasteiger partial charge in [-0.15, -0.1) is 0 Å². The molecule has 12 heteroatoms. The van der Waals surface area contributed by atoms with Gasteiger partial charge in [0.15, 0.2) is 11.6 Å². The highest BCUT2D eigenvalue weighted by Gasteiger charge is 2.30. The van der Waals surface area contributed by atoms with E-state index < -0.39 is 23.3 Å². The highest BCUT2D eigenvalue weighted by molar-refractivity contribution is 6.35. The van der Waals surface area contributed by atoms with Crippen LogP contribution in [0.2, 0.25) is 0 Å².